The molecule has 0 saturated heterocycles. The molecule has 6 nitrogen and oxygen atoms in total. The Balaban J connectivity index is 4.50. The molecule has 0 saturated carbocycles. The molecule has 0 fully saturated rings. The maximum atomic E-state index is 12.8. The highest BCUT2D eigenvalue weighted by Gasteiger charge is 2.19. The van der Waals surface area contributed by atoms with E-state index in [1.54, 1.807) is 0 Å². The molecule has 1 unspecified atom stereocenters. The average molecular weight is 863 g/mol. The molecule has 0 aliphatic heterocycles. The number of hydrogen-bond donors (Lipinski definition) is 0. The third-order valence-electron chi connectivity index (χ3n) is 10.6. The largest absolute Gasteiger partial charge is 0.462 e. The van der Waals surface area contributed by atoms with Gasteiger partial charge >= 0.3 is 17.9 Å². The molecule has 0 radical (unpaired) electrons. The highest BCUT2D eigenvalue weighted by molar-refractivity contribution is 5.71. The van der Waals surface area contributed by atoms with E-state index in [4.69, 9.17) is 14.2 Å². The van der Waals surface area contributed by atoms with Gasteiger partial charge < -0.3 is 14.2 Å². The summed E-state index contributed by atoms with van der Waals surface area (Å²) in [6.45, 7) is 6.40. The van der Waals surface area contributed by atoms with E-state index < -0.39 is 6.10 Å². The van der Waals surface area contributed by atoms with E-state index in [1.165, 1.54) is 103 Å². The fourth-order valence-corrected chi connectivity index (χ4v) is 6.77. The van der Waals surface area contributed by atoms with Gasteiger partial charge in [-0.25, -0.2) is 0 Å². The summed E-state index contributed by atoms with van der Waals surface area (Å²) in [5.41, 5.74) is 0. The first-order valence-corrected chi connectivity index (χ1v) is 25.6. The summed E-state index contributed by atoms with van der Waals surface area (Å²) < 4.78 is 16.7. The molecule has 0 aromatic rings. The van der Waals surface area contributed by atoms with Crippen LogP contribution >= 0.6 is 0 Å². The van der Waals surface area contributed by atoms with Crippen molar-refractivity contribution < 1.29 is 28.6 Å². The summed E-state index contributed by atoms with van der Waals surface area (Å²) in [4.78, 5) is 37.9. The zero-order valence-electron chi connectivity index (χ0n) is 40.4. The highest BCUT2D eigenvalue weighted by Crippen LogP contribution is 2.13. The third kappa shape index (κ3) is 47.6. The lowest BCUT2D eigenvalue weighted by molar-refractivity contribution is -0.167. The Hall–Kier alpha value is -3.41. The first kappa shape index (κ1) is 58.6. The van der Waals surface area contributed by atoms with Crippen LogP contribution in [0.5, 0.6) is 0 Å². The van der Waals surface area contributed by atoms with Gasteiger partial charge in [0.2, 0.25) is 0 Å². The molecule has 0 amide bonds. The van der Waals surface area contributed by atoms with Gasteiger partial charge in [0.15, 0.2) is 6.10 Å². The topological polar surface area (TPSA) is 78.9 Å². The Bertz CT molecular complexity index is 1220. The first-order chi connectivity index (χ1) is 30.5. The van der Waals surface area contributed by atoms with Crippen molar-refractivity contribution in [2.24, 2.45) is 0 Å². The van der Waals surface area contributed by atoms with Gasteiger partial charge in [0.05, 0.1) is 0 Å². The molecule has 0 spiro atoms. The van der Waals surface area contributed by atoms with Gasteiger partial charge in [0, 0.05) is 19.3 Å². The van der Waals surface area contributed by atoms with Crippen LogP contribution in [0.25, 0.3) is 0 Å². The molecular weight excluding hydrogens is 769 g/mol. The molecule has 1 atom stereocenters. The van der Waals surface area contributed by atoms with Crippen molar-refractivity contribution in [3.05, 3.63) is 85.1 Å². The van der Waals surface area contributed by atoms with E-state index in [0.29, 0.717) is 19.3 Å². The second kappa shape index (κ2) is 50.2. The lowest BCUT2D eigenvalue weighted by Crippen LogP contribution is -2.30. The summed E-state index contributed by atoms with van der Waals surface area (Å²) in [6.07, 6.45) is 64.4. The minimum Gasteiger partial charge on any atom is -0.462 e. The van der Waals surface area contributed by atoms with Crippen LogP contribution in [0, 0.1) is 0 Å². The van der Waals surface area contributed by atoms with Gasteiger partial charge in [-0.15, -0.1) is 0 Å². The van der Waals surface area contributed by atoms with Crippen LogP contribution in [0.15, 0.2) is 85.1 Å². The number of unbranched alkanes of at least 4 members (excludes halogenated alkanes) is 20. The summed E-state index contributed by atoms with van der Waals surface area (Å²) in [5.74, 6) is -1.04. The number of ether oxygens (including phenoxy) is 3. The van der Waals surface area contributed by atoms with Crippen molar-refractivity contribution in [1.29, 1.82) is 0 Å². The van der Waals surface area contributed by atoms with E-state index >= 15 is 0 Å². The lowest BCUT2D eigenvalue weighted by Gasteiger charge is -2.18. The Morgan fingerprint density at radius 2 is 0.645 bits per heavy atom. The average Bonchev–Trinajstić information content (AvgIpc) is 3.27. The SMILES string of the molecule is CC/C=C\C/C=C\C/C=C\CCCC(=O)OCC(COC(=O)CCC/C=C\C/C=C\C/C=C\CCCCCCCC)OC(=O)CCCCCCC/C=C\CCCCCCCCC. The van der Waals surface area contributed by atoms with Gasteiger partial charge in [-0.2, -0.15) is 0 Å². The summed E-state index contributed by atoms with van der Waals surface area (Å²) in [6, 6.07) is 0. The number of esters is 3. The monoisotopic (exact) mass is 863 g/mol. The van der Waals surface area contributed by atoms with E-state index in [0.717, 1.165) is 77.0 Å². The van der Waals surface area contributed by atoms with E-state index in [1.807, 2.05) is 0 Å². The van der Waals surface area contributed by atoms with Crippen molar-refractivity contribution >= 4 is 17.9 Å². The second-order valence-corrected chi connectivity index (χ2v) is 16.7. The molecule has 0 rings (SSSR count). The lowest BCUT2D eigenvalue weighted by atomic mass is 10.1. The Labute approximate surface area is 382 Å². The van der Waals surface area contributed by atoms with Crippen LogP contribution in [0.1, 0.15) is 233 Å². The van der Waals surface area contributed by atoms with Crippen LogP contribution in [0.4, 0.5) is 0 Å². The van der Waals surface area contributed by atoms with E-state index in [2.05, 4.69) is 106 Å². The van der Waals surface area contributed by atoms with Gasteiger partial charge in [-0.05, 0) is 103 Å². The molecule has 0 bridgehead atoms. The van der Waals surface area contributed by atoms with Crippen LogP contribution in [-0.2, 0) is 28.6 Å². The zero-order valence-corrected chi connectivity index (χ0v) is 40.4. The Morgan fingerprint density at radius 3 is 1.05 bits per heavy atom. The molecule has 0 aromatic heterocycles. The standard InChI is InChI=1S/C56H94O6/c1-4-7-10-13-16-19-22-24-26-28-30-31-34-37-40-43-46-49-55(58)61-52-53(51-60-54(57)48-45-42-39-36-33-21-18-15-12-9-6-3)62-56(59)50-47-44-41-38-35-32-29-27-25-23-20-17-14-11-8-5-2/h9,12,18,21,24,26-27,29-31,36-37,39-40,53H,4-8,10-11,13-17,19-20,22-23,25,28,32-35,38,41-52H2,1-3H3/b12-9-,21-18-,26-24-,29-27-,31-30-,39-36-,40-37-. The predicted octanol–water partition coefficient (Wildman–Crippen LogP) is 16.8. The molecule has 6 heteroatoms. The van der Waals surface area contributed by atoms with Crippen LogP contribution in [-0.4, -0.2) is 37.2 Å². The van der Waals surface area contributed by atoms with Crippen molar-refractivity contribution in [2.75, 3.05) is 13.2 Å². The fraction of sp³-hybridized carbons (Fsp3) is 0.696. The fourth-order valence-electron chi connectivity index (χ4n) is 6.77. The smallest absolute Gasteiger partial charge is 0.306 e. The third-order valence-corrected chi connectivity index (χ3v) is 10.6. The first-order valence-electron chi connectivity index (χ1n) is 25.6. The van der Waals surface area contributed by atoms with Crippen molar-refractivity contribution in [1.82, 2.24) is 0 Å². The van der Waals surface area contributed by atoms with Crippen molar-refractivity contribution in [3.8, 4) is 0 Å². The van der Waals surface area contributed by atoms with Gasteiger partial charge in [0.25, 0.3) is 0 Å². The Kier molecular flexibility index (Phi) is 47.5. The normalized spacial score (nSPS) is 12.8. The Morgan fingerprint density at radius 1 is 0.339 bits per heavy atom. The van der Waals surface area contributed by atoms with Crippen LogP contribution in [0.2, 0.25) is 0 Å². The van der Waals surface area contributed by atoms with Gasteiger partial charge in [-0.3, -0.25) is 14.4 Å². The number of rotatable bonds is 45. The summed E-state index contributed by atoms with van der Waals surface area (Å²) >= 11 is 0. The van der Waals surface area contributed by atoms with E-state index in [-0.39, 0.29) is 44.0 Å². The van der Waals surface area contributed by atoms with E-state index in [9.17, 15) is 14.4 Å². The molecule has 0 aromatic carbocycles. The predicted molar refractivity (Wildman–Crippen MR) is 265 cm³/mol. The molecule has 0 aliphatic carbocycles. The van der Waals surface area contributed by atoms with Gasteiger partial charge in [-0.1, -0.05) is 196 Å². The highest BCUT2D eigenvalue weighted by atomic mass is 16.6. The minimum absolute atomic E-state index is 0.122. The number of hydrogen-bond acceptors (Lipinski definition) is 6. The quantitative estimate of drug-likeness (QED) is 0.0263. The number of carbonyl (C=O) groups excluding carboxylic acids is 3. The zero-order chi connectivity index (χ0) is 45.1. The number of carbonyl (C=O) groups is 3. The molecule has 0 aliphatic rings. The maximum absolute atomic E-state index is 12.8. The molecule has 354 valence electrons. The molecule has 0 heterocycles. The van der Waals surface area contributed by atoms with Crippen molar-refractivity contribution in [3.63, 3.8) is 0 Å². The summed E-state index contributed by atoms with van der Waals surface area (Å²) in [7, 11) is 0. The molecular formula is C56H94O6. The van der Waals surface area contributed by atoms with Gasteiger partial charge in [0.1, 0.15) is 13.2 Å². The van der Waals surface area contributed by atoms with Crippen LogP contribution < -0.4 is 0 Å². The molecule has 62 heavy (non-hydrogen) atoms. The molecule has 0 N–H and O–H groups in total. The van der Waals surface area contributed by atoms with Crippen LogP contribution in [0.3, 0.4) is 0 Å². The minimum atomic E-state index is -0.820. The number of allylic oxidation sites excluding steroid dienone is 14. The maximum Gasteiger partial charge on any atom is 0.306 e. The summed E-state index contributed by atoms with van der Waals surface area (Å²) in [5, 5.41) is 0. The second-order valence-electron chi connectivity index (χ2n) is 16.7. The van der Waals surface area contributed by atoms with Crippen molar-refractivity contribution in [2.45, 2.75) is 239 Å².